The van der Waals surface area contributed by atoms with Crippen molar-refractivity contribution in [3.8, 4) is 0 Å². The lowest BCUT2D eigenvalue weighted by Gasteiger charge is -2.27. The second kappa shape index (κ2) is 6.04. The van der Waals surface area contributed by atoms with E-state index < -0.39 is 0 Å². The third kappa shape index (κ3) is 3.04. The van der Waals surface area contributed by atoms with Crippen LogP contribution in [0.4, 0.5) is 5.82 Å². The molecular formula is C17H24N2O2. The molecule has 0 saturated heterocycles. The predicted molar refractivity (Wildman–Crippen MR) is 82.4 cm³/mol. The quantitative estimate of drug-likeness (QED) is 0.781. The largest absolute Gasteiger partial charge is 0.462 e. The zero-order valence-electron chi connectivity index (χ0n) is 12.9. The normalized spacial score (nSPS) is 26.9. The summed E-state index contributed by atoms with van der Waals surface area (Å²) in [5.74, 6) is 3.36. The van der Waals surface area contributed by atoms with E-state index in [-0.39, 0.29) is 5.97 Å². The molecule has 3 atom stereocenters. The van der Waals surface area contributed by atoms with Gasteiger partial charge in [-0.05, 0) is 56.1 Å². The van der Waals surface area contributed by atoms with E-state index in [2.05, 4.69) is 16.9 Å². The van der Waals surface area contributed by atoms with E-state index in [9.17, 15) is 4.79 Å². The van der Waals surface area contributed by atoms with E-state index in [4.69, 9.17) is 4.74 Å². The summed E-state index contributed by atoms with van der Waals surface area (Å²) in [5.41, 5.74) is 0.522. The second-order valence-electron chi connectivity index (χ2n) is 6.44. The number of rotatable bonds is 5. The number of hydrogen-bond donors (Lipinski definition) is 0. The van der Waals surface area contributed by atoms with Gasteiger partial charge >= 0.3 is 5.97 Å². The highest BCUT2D eigenvalue weighted by Crippen LogP contribution is 2.48. The number of fused-ring (bicyclic) bond motifs is 2. The number of hydrogen-bond acceptors (Lipinski definition) is 4. The lowest BCUT2D eigenvalue weighted by atomic mass is 9.88. The smallest absolute Gasteiger partial charge is 0.339 e. The fourth-order valence-corrected chi connectivity index (χ4v) is 3.99. The van der Waals surface area contributed by atoms with Crippen LogP contribution in [0.3, 0.4) is 0 Å². The van der Waals surface area contributed by atoms with Gasteiger partial charge in [-0.25, -0.2) is 9.78 Å². The van der Waals surface area contributed by atoms with Gasteiger partial charge in [-0.3, -0.25) is 0 Å². The molecule has 1 aromatic heterocycles. The van der Waals surface area contributed by atoms with E-state index in [1.165, 1.54) is 25.7 Å². The molecule has 114 valence electrons. The number of ether oxygens (including phenoxy) is 1. The van der Waals surface area contributed by atoms with Gasteiger partial charge in [0, 0.05) is 19.8 Å². The molecule has 2 aliphatic carbocycles. The summed E-state index contributed by atoms with van der Waals surface area (Å²) < 4.78 is 4.98. The lowest BCUT2D eigenvalue weighted by Crippen LogP contribution is -2.29. The van der Waals surface area contributed by atoms with Crippen LogP contribution >= 0.6 is 0 Å². The molecule has 0 N–H and O–H groups in total. The first-order valence-electron chi connectivity index (χ1n) is 8.01. The molecule has 2 saturated carbocycles. The van der Waals surface area contributed by atoms with Gasteiger partial charge < -0.3 is 9.64 Å². The number of nitrogens with zero attached hydrogens (tertiary/aromatic N) is 2. The van der Waals surface area contributed by atoms with Gasteiger partial charge in [0.25, 0.3) is 0 Å². The summed E-state index contributed by atoms with van der Waals surface area (Å²) in [6.07, 6.45) is 7.30. The van der Waals surface area contributed by atoms with Crippen molar-refractivity contribution in [3.05, 3.63) is 23.9 Å². The van der Waals surface area contributed by atoms with E-state index in [0.29, 0.717) is 12.2 Å². The summed E-state index contributed by atoms with van der Waals surface area (Å²) in [5, 5.41) is 0. The lowest BCUT2D eigenvalue weighted by molar-refractivity contribution is 0.0526. The Labute approximate surface area is 126 Å². The molecule has 2 bridgehead atoms. The van der Waals surface area contributed by atoms with Gasteiger partial charge in [-0.1, -0.05) is 6.42 Å². The van der Waals surface area contributed by atoms with Crippen LogP contribution in [-0.4, -0.2) is 31.2 Å². The maximum absolute atomic E-state index is 11.6. The Balaban J connectivity index is 1.59. The minimum Gasteiger partial charge on any atom is -0.462 e. The Morgan fingerprint density at radius 1 is 1.38 bits per heavy atom. The van der Waals surface area contributed by atoms with E-state index >= 15 is 0 Å². The van der Waals surface area contributed by atoms with Crippen LogP contribution in [-0.2, 0) is 4.74 Å². The molecule has 0 aliphatic heterocycles. The number of aromatic nitrogens is 1. The molecule has 1 aromatic rings. The van der Waals surface area contributed by atoms with Crippen molar-refractivity contribution in [1.82, 2.24) is 4.98 Å². The summed E-state index contributed by atoms with van der Waals surface area (Å²) in [6.45, 7) is 3.28. The first-order chi connectivity index (χ1) is 10.2. The molecule has 0 aromatic carbocycles. The van der Waals surface area contributed by atoms with E-state index in [1.54, 1.807) is 12.3 Å². The van der Waals surface area contributed by atoms with Gasteiger partial charge in [-0.2, -0.15) is 0 Å². The second-order valence-corrected chi connectivity index (χ2v) is 6.44. The standard InChI is InChI=1S/C17H24N2O2/c1-3-21-17(20)14-6-7-16(18-10-14)19(2)11-15-9-12-4-5-13(15)8-12/h6-7,10,12-13,15H,3-5,8-9,11H2,1-2H3. The molecule has 21 heavy (non-hydrogen) atoms. The molecule has 2 aliphatic rings. The number of carbonyl (C=O) groups is 1. The Bertz CT molecular complexity index is 500. The summed E-state index contributed by atoms with van der Waals surface area (Å²) in [4.78, 5) is 18.2. The number of anilines is 1. The van der Waals surface area contributed by atoms with Crippen molar-refractivity contribution < 1.29 is 9.53 Å². The Morgan fingerprint density at radius 3 is 2.81 bits per heavy atom. The molecule has 0 spiro atoms. The predicted octanol–water partition coefficient (Wildman–Crippen LogP) is 3.13. The SMILES string of the molecule is CCOC(=O)c1ccc(N(C)CC2CC3CCC2C3)nc1. The monoisotopic (exact) mass is 288 g/mol. The van der Waals surface area contributed by atoms with Crippen LogP contribution in [0, 0.1) is 17.8 Å². The molecule has 4 nitrogen and oxygen atoms in total. The number of carbonyl (C=O) groups excluding carboxylic acids is 1. The minimum atomic E-state index is -0.299. The van der Waals surface area contributed by atoms with Gasteiger partial charge in [-0.15, -0.1) is 0 Å². The third-order valence-corrected chi connectivity index (χ3v) is 5.04. The van der Waals surface area contributed by atoms with E-state index in [0.717, 1.165) is 30.1 Å². The Kier molecular flexibility index (Phi) is 4.13. The van der Waals surface area contributed by atoms with Crippen molar-refractivity contribution >= 4 is 11.8 Å². The fourth-order valence-electron chi connectivity index (χ4n) is 3.99. The Hall–Kier alpha value is -1.58. The van der Waals surface area contributed by atoms with Crippen molar-refractivity contribution in [2.75, 3.05) is 25.1 Å². The average molecular weight is 288 g/mol. The van der Waals surface area contributed by atoms with Gasteiger partial charge in [0.15, 0.2) is 0 Å². The summed E-state index contributed by atoms with van der Waals surface area (Å²) in [7, 11) is 2.10. The maximum Gasteiger partial charge on any atom is 0.339 e. The molecule has 4 heteroatoms. The van der Waals surface area contributed by atoms with Gasteiger partial charge in [0.05, 0.1) is 12.2 Å². The molecule has 0 amide bonds. The van der Waals surface area contributed by atoms with Crippen LogP contribution in [0.25, 0.3) is 0 Å². The van der Waals surface area contributed by atoms with Gasteiger partial charge in [0.1, 0.15) is 5.82 Å². The van der Waals surface area contributed by atoms with Gasteiger partial charge in [0.2, 0.25) is 0 Å². The molecule has 0 radical (unpaired) electrons. The highest BCUT2D eigenvalue weighted by molar-refractivity contribution is 5.89. The number of esters is 1. The molecule has 3 rings (SSSR count). The van der Waals surface area contributed by atoms with Crippen LogP contribution < -0.4 is 4.90 Å². The van der Waals surface area contributed by atoms with Crippen LogP contribution in [0.15, 0.2) is 18.3 Å². The van der Waals surface area contributed by atoms with Crippen molar-refractivity contribution in [2.24, 2.45) is 17.8 Å². The van der Waals surface area contributed by atoms with Crippen LogP contribution in [0.1, 0.15) is 43.0 Å². The summed E-state index contributed by atoms with van der Waals surface area (Å²) in [6, 6.07) is 3.72. The van der Waals surface area contributed by atoms with E-state index in [1.807, 2.05) is 13.0 Å². The third-order valence-electron chi connectivity index (χ3n) is 5.04. The molecule has 1 heterocycles. The van der Waals surface area contributed by atoms with Crippen LogP contribution in [0.5, 0.6) is 0 Å². The highest BCUT2D eigenvalue weighted by Gasteiger charge is 2.39. The highest BCUT2D eigenvalue weighted by atomic mass is 16.5. The van der Waals surface area contributed by atoms with Crippen molar-refractivity contribution in [3.63, 3.8) is 0 Å². The first-order valence-corrected chi connectivity index (χ1v) is 8.01. The average Bonchev–Trinajstić information content (AvgIpc) is 3.10. The molecule has 3 unspecified atom stereocenters. The van der Waals surface area contributed by atoms with Crippen molar-refractivity contribution in [2.45, 2.75) is 32.6 Å². The molecular weight excluding hydrogens is 264 g/mol. The fraction of sp³-hybridized carbons (Fsp3) is 0.647. The number of pyridine rings is 1. The molecule has 2 fully saturated rings. The van der Waals surface area contributed by atoms with Crippen LogP contribution in [0.2, 0.25) is 0 Å². The summed E-state index contributed by atoms with van der Waals surface area (Å²) >= 11 is 0. The Morgan fingerprint density at radius 2 is 2.24 bits per heavy atom. The van der Waals surface area contributed by atoms with Crippen molar-refractivity contribution in [1.29, 1.82) is 0 Å². The zero-order valence-corrected chi connectivity index (χ0v) is 12.9. The maximum atomic E-state index is 11.6. The first kappa shape index (κ1) is 14.4. The minimum absolute atomic E-state index is 0.299. The zero-order chi connectivity index (χ0) is 14.8. The topological polar surface area (TPSA) is 42.4 Å².